The molecule has 1 aromatic carbocycles. The molecule has 116 valence electrons. The zero-order valence-corrected chi connectivity index (χ0v) is 14.9. The summed E-state index contributed by atoms with van der Waals surface area (Å²) in [6, 6.07) is 4.92. The van der Waals surface area contributed by atoms with E-state index in [1.165, 1.54) is 13.2 Å². The number of methoxy groups -OCH3 is 1. The van der Waals surface area contributed by atoms with Gasteiger partial charge in [0.1, 0.15) is 5.75 Å². The van der Waals surface area contributed by atoms with Gasteiger partial charge in [-0.2, -0.15) is 0 Å². The van der Waals surface area contributed by atoms with Crippen LogP contribution in [0.15, 0.2) is 27.6 Å². The lowest BCUT2D eigenvalue weighted by Gasteiger charge is -2.14. The molecule has 0 aliphatic rings. The Morgan fingerprint density at radius 1 is 1.40 bits per heavy atom. The summed E-state index contributed by atoms with van der Waals surface area (Å²) in [5.41, 5.74) is 0. The number of benzene rings is 1. The maximum Gasteiger partial charge on any atom is 0.241 e. The number of hydrogen-bond acceptors (Lipinski definition) is 4. The van der Waals surface area contributed by atoms with Crippen molar-refractivity contribution in [2.75, 3.05) is 20.2 Å². The van der Waals surface area contributed by atoms with Crippen LogP contribution in [-0.4, -0.2) is 34.7 Å². The van der Waals surface area contributed by atoms with Crippen LogP contribution in [0.1, 0.15) is 13.8 Å². The van der Waals surface area contributed by atoms with E-state index >= 15 is 0 Å². The summed E-state index contributed by atoms with van der Waals surface area (Å²) < 4.78 is 32.5. The van der Waals surface area contributed by atoms with Crippen molar-refractivity contribution < 1.29 is 13.2 Å². The normalized spacial score (nSPS) is 12.6. The van der Waals surface area contributed by atoms with Crippen LogP contribution < -0.4 is 14.8 Å². The van der Waals surface area contributed by atoms with Gasteiger partial charge in [-0.3, -0.25) is 0 Å². The fraction of sp³-hybridized carbons (Fsp3) is 0.500. The lowest BCUT2D eigenvalue weighted by Crippen LogP contribution is -2.38. The van der Waals surface area contributed by atoms with E-state index in [4.69, 9.17) is 4.74 Å². The van der Waals surface area contributed by atoms with Crippen molar-refractivity contribution in [3.63, 3.8) is 0 Å². The highest BCUT2D eigenvalue weighted by Crippen LogP contribution is 2.26. The van der Waals surface area contributed by atoms with Crippen LogP contribution in [0.25, 0.3) is 0 Å². The van der Waals surface area contributed by atoms with Crippen LogP contribution in [0.5, 0.6) is 5.75 Å². The molecule has 1 rings (SSSR count). The predicted octanol–water partition coefficient (Wildman–Crippen LogP) is 2.16. The molecule has 0 amide bonds. The van der Waals surface area contributed by atoms with E-state index in [2.05, 4.69) is 26.0 Å². The molecule has 0 heterocycles. The highest BCUT2D eigenvalue weighted by atomic mass is 79.9. The van der Waals surface area contributed by atoms with Crippen molar-refractivity contribution in [1.82, 2.24) is 10.0 Å². The fourth-order valence-electron chi connectivity index (χ4n) is 1.55. The topological polar surface area (TPSA) is 67.4 Å². The van der Waals surface area contributed by atoms with E-state index in [-0.39, 0.29) is 23.3 Å². The molecule has 1 aromatic rings. The van der Waals surface area contributed by atoms with Gasteiger partial charge in [0.15, 0.2) is 0 Å². The maximum atomic E-state index is 12.2. The van der Waals surface area contributed by atoms with Gasteiger partial charge >= 0.3 is 0 Å². The fourth-order valence-corrected chi connectivity index (χ4v) is 3.66. The van der Waals surface area contributed by atoms with Crippen molar-refractivity contribution in [1.29, 1.82) is 0 Å². The predicted molar refractivity (Wildman–Crippen MR) is 86.3 cm³/mol. The first kappa shape index (κ1) is 19.7. The largest absolute Gasteiger partial charge is 0.497 e. The molecule has 0 aromatic heterocycles. The van der Waals surface area contributed by atoms with Crippen LogP contribution in [-0.2, 0) is 10.0 Å². The van der Waals surface area contributed by atoms with E-state index < -0.39 is 10.0 Å². The number of ether oxygens (including phenoxy) is 1. The standard InChI is InChI=1S/C12H19BrN2O3S.ClH/c1-4-14-9(2)8-15-19(16,17)12-7-10(18-3)5-6-11(12)13;/h5-7,9,14-15H,4,8H2,1-3H3;1H/t9-;/m1./s1. The zero-order valence-electron chi connectivity index (χ0n) is 11.6. The summed E-state index contributed by atoms with van der Waals surface area (Å²) in [5.74, 6) is 0.503. The molecule has 0 aliphatic carbocycles. The number of hydrogen-bond donors (Lipinski definition) is 2. The SMILES string of the molecule is CCN[C@H](C)CNS(=O)(=O)c1cc(OC)ccc1Br.Cl. The van der Waals surface area contributed by atoms with E-state index in [9.17, 15) is 8.42 Å². The third kappa shape index (κ3) is 5.57. The second kappa shape index (κ2) is 8.84. The van der Waals surface area contributed by atoms with Gasteiger partial charge in [-0.1, -0.05) is 6.92 Å². The smallest absolute Gasteiger partial charge is 0.241 e. The van der Waals surface area contributed by atoms with Gasteiger partial charge in [0.2, 0.25) is 10.0 Å². The van der Waals surface area contributed by atoms with Crippen molar-refractivity contribution >= 4 is 38.4 Å². The molecule has 0 aliphatic heterocycles. The van der Waals surface area contributed by atoms with Crippen molar-refractivity contribution in [3.05, 3.63) is 22.7 Å². The molecule has 0 saturated heterocycles. The molecule has 0 radical (unpaired) electrons. The number of halogens is 2. The van der Waals surface area contributed by atoms with Crippen molar-refractivity contribution in [2.24, 2.45) is 0 Å². The second-order valence-electron chi connectivity index (χ2n) is 4.11. The number of likely N-dealkylation sites (N-methyl/N-ethyl adjacent to an activating group) is 1. The van der Waals surface area contributed by atoms with E-state index in [1.807, 2.05) is 13.8 Å². The quantitative estimate of drug-likeness (QED) is 0.752. The van der Waals surface area contributed by atoms with Gasteiger partial charge in [0, 0.05) is 23.1 Å². The van der Waals surface area contributed by atoms with Crippen molar-refractivity contribution in [2.45, 2.75) is 24.8 Å². The van der Waals surface area contributed by atoms with Gasteiger partial charge in [-0.05, 0) is 41.5 Å². The van der Waals surface area contributed by atoms with Crippen LogP contribution in [0.2, 0.25) is 0 Å². The Bertz CT molecular complexity index is 525. The molecule has 0 saturated carbocycles. The van der Waals surface area contributed by atoms with Gasteiger partial charge < -0.3 is 10.1 Å². The lowest BCUT2D eigenvalue weighted by molar-refractivity contribution is 0.413. The Balaban J connectivity index is 0.00000361. The van der Waals surface area contributed by atoms with E-state index in [0.717, 1.165) is 6.54 Å². The first-order chi connectivity index (χ1) is 8.90. The molecule has 5 nitrogen and oxygen atoms in total. The molecular weight excluding hydrogens is 368 g/mol. The Morgan fingerprint density at radius 3 is 2.60 bits per heavy atom. The Kier molecular flexibility index (Phi) is 8.69. The highest BCUT2D eigenvalue weighted by molar-refractivity contribution is 9.10. The number of rotatable bonds is 7. The molecule has 20 heavy (non-hydrogen) atoms. The second-order valence-corrected chi connectivity index (χ2v) is 6.70. The zero-order chi connectivity index (χ0) is 14.5. The lowest BCUT2D eigenvalue weighted by atomic mass is 10.3. The van der Waals surface area contributed by atoms with Crippen molar-refractivity contribution in [3.8, 4) is 5.75 Å². The van der Waals surface area contributed by atoms with E-state index in [0.29, 0.717) is 16.8 Å². The van der Waals surface area contributed by atoms with Gasteiger partial charge in [0.25, 0.3) is 0 Å². The molecule has 2 N–H and O–H groups in total. The minimum absolute atomic E-state index is 0. The Labute approximate surface area is 135 Å². The summed E-state index contributed by atoms with van der Waals surface area (Å²) in [4.78, 5) is 0.176. The average Bonchev–Trinajstić information content (AvgIpc) is 2.37. The molecule has 0 bridgehead atoms. The monoisotopic (exact) mass is 386 g/mol. The van der Waals surface area contributed by atoms with Gasteiger partial charge in [0.05, 0.1) is 12.0 Å². The number of nitrogens with one attached hydrogen (secondary N) is 2. The van der Waals surface area contributed by atoms with Gasteiger partial charge in [-0.25, -0.2) is 13.1 Å². The minimum atomic E-state index is -3.55. The van der Waals surface area contributed by atoms with Gasteiger partial charge in [-0.15, -0.1) is 12.4 Å². The molecule has 0 fully saturated rings. The highest BCUT2D eigenvalue weighted by Gasteiger charge is 2.19. The first-order valence-electron chi connectivity index (χ1n) is 5.97. The van der Waals surface area contributed by atoms with Crippen LogP contribution in [0.4, 0.5) is 0 Å². The summed E-state index contributed by atoms with van der Waals surface area (Å²) in [6.07, 6.45) is 0. The summed E-state index contributed by atoms with van der Waals surface area (Å²) >= 11 is 3.24. The molecule has 0 unspecified atom stereocenters. The first-order valence-corrected chi connectivity index (χ1v) is 8.25. The molecule has 0 spiro atoms. The Hall–Kier alpha value is -0.340. The van der Waals surface area contributed by atoms with Crippen LogP contribution >= 0.6 is 28.3 Å². The van der Waals surface area contributed by atoms with Crippen LogP contribution in [0.3, 0.4) is 0 Å². The molecule has 8 heteroatoms. The Morgan fingerprint density at radius 2 is 2.05 bits per heavy atom. The summed E-state index contributed by atoms with van der Waals surface area (Å²) in [7, 11) is -2.05. The third-order valence-electron chi connectivity index (χ3n) is 2.56. The minimum Gasteiger partial charge on any atom is -0.497 e. The van der Waals surface area contributed by atoms with E-state index in [1.54, 1.807) is 12.1 Å². The van der Waals surface area contributed by atoms with Crippen LogP contribution in [0, 0.1) is 0 Å². The summed E-state index contributed by atoms with van der Waals surface area (Å²) in [5, 5.41) is 3.14. The third-order valence-corrected chi connectivity index (χ3v) is 4.98. The summed E-state index contributed by atoms with van der Waals surface area (Å²) in [6.45, 7) is 5.03. The average molecular weight is 388 g/mol. The molecular formula is C12H20BrClN2O3S. The maximum absolute atomic E-state index is 12.2. The molecule has 1 atom stereocenters. The number of sulfonamides is 1.